The molecule has 0 heterocycles. The van der Waals surface area contributed by atoms with Gasteiger partial charge < -0.3 is 10.1 Å². The average Bonchev–Trinajstić information content (AvgIpc) is 2.41. The lowest BCUT2D eigenvalue weighted by Gasteiger charge is -2.44. The van der Waals surface area contributed by atoms with E-state index in [1.807, 2.05) is 7.11 Å². The molecule has 1 fully saturated rings. The first-order valence-electron chi connectivity index (χ1n) is 7.52. The molecule has 0 aromatic heterocycles. The van der Waals surface area contributed by atoms with Crippen LogP contribution in [-0.4, -0.2) is 25.3 Å². The molecular formula is C15H31NO. The number of hydrogen-bond acceptors (Lipinski definition) is 2. The summed E-state index contributed by atoms with van der Waals surface area (Å²) < 4.78 is 5.94. The molecule has 1 unspecified atom stereocenters. The maximum Gasteiger partial charge on any atom is 0.0828 e. The van der Waals surface area contributed by atoms with Crippen molar-refractivity contribution in [2.24, 2.45) is 5.92 Å². The van der Waals surface area contributed by atoms with Gasteiger partial charge in [0.1, 0.15) is 0 Å². The van der Waals surface area contributed by atoms with Gasteiger partial charge in [-0.05, 0) is 38.1 Å². The largest absolute Gasteiger partial charge is 0.377 e. The van der Waals surface area contributed by atoms with E-state index in [0.717, 1.165) is 25.3 Å². The molecule has 1 rings (SSSR count). The number of ether oxygens (including phenoxy) is 1. The number of nitrogens with one attached hydrogen (secondary N) is 1. The first-order chi connectivity index (χ1) is 8.24. The van der Waals surface area contributed by atoms with Crippen molar-refractivity contribution in [1.82, 2.24) is 5.32 Å². The van der Waals surface area contributed by atoms with E-state index < -0.39 is 0 Å². The highest BCUT2D eigenvalue weighted by Gasteiger charge is 2.40. The highest BCUT2D eigenvalue weighted by atomic mass is 16.5. The van der Waals surface area contributed by atoms with E-state index in [4.69, 9.17) is 4.74 Å². The van der Waals surface area contributed by atoms with Gasteiger partial charge in [0.05, 0.1) is 5.60 Å². The molecule has 0 amide bonds. The van der Waals surface area contributed by atoms with Crippen molar-refractivity contribution in [3.05, 3.63) is 0 Å². The lowest BCUT2D eigenvalue weighted by atomic mass is 9.74. The Bertz CT molecular complexity index is 187. The Morgan fingerprint density at radius 2 is 1.71 bits per heavy atom. The van der Waals surface area contributed by atoms with Gasteiger partial charge in [-0.15, -0.1) is 0 Å². The van der Waals surface area contributed by atoms with Gasteiger partial charge >= 0.3 is 0 Å². The minimum Gasteiger partial charge on any atom is -0.377 e. The average molecular weight is 241 g/mol. The van der Waals surface area contributed by atoms with Gasteiger partial charge in [0.15, 0.2) is 0 Å². The Labute approximate surface area is 108 Å². The quantitative estimate of drug-likeness (QED) is 0.733. The second-order valence-corrected chi connectivity index (χ2v) is 5.41. The van der Waals surface area contributed by atoms with Gasteiger partial charge in [0, 0.05) is 13.2 Å². The van der Waals surface area contributed by atoms with E-state index in [0.29, 0.717) is 6.04 Å². The predicted octanol–water partition coefficient (Wildman–Crippen LogP) is 3.75. The maximum absolute atomic E-state index is 5.94. The van der Waals surface area contributed by atoms with Gasteiger partial charge in [-0.2, -0.15) is 0 Å². The normalized spacial score (nSPS) is 20.5. The molecule has 0 aromatic carbocycles. The molecule has 0 spiro atoms. The van der Waals surface area contributed by atoms with Crippen LogP contribution in [0.15, 0.2) is 0 Å². The molecule has 0 aliphatic heterocycles. The summed E-state index contributed by atoms with van der Waals surface area (Å²) in [4.78, 5) is 0. The van der Waals surface area contributed by atoms with Crippen LogP contribution in [-0.2, 0) is 4.74 Å². The van der Waals surface area contributed by atoms with E-state index in [-0.39, 0.29) is 5.60 Å². The van der Waals surface area contributed by atoms with Crippen molar-refractivity contribution in [1.29, 1.82) is 0 Å². The second kappa shape index (κ2) is 7.38. The van der Waals surface area contributed by atoms with Gasteiger partial charge in [-0.25, -0.2) is 0 Å². The molecule has 1 saturated carbocycles. The molecule has 2 heteroatoms. The molecule has 0 saturated heterocycles. The Morgan fingerprint density at radius 3 is 2.12 bits per heavy atom. The Balaban J connectivity index is 2.80. The van der Waals surface area contributed by atoms with Crippen molar-refractivity contribution in [3.8, 4) is 0 Å². The lowest BCUT2D eigenvalue weighted by molar-refractivity contribution is -0.0666. The smallest absolute Gasteiger partial charge is 0.0828 e. The second-order valence-electron chi connectivity index (χ2n) is 5.41. The molecule has 102 valence electrons. The Kier molecular flexibility index (Phi) is 6.50. The summed E-state index contributed by atoms with van der Waals surface area (Å²) in [5.41, 5.74) is 0.0397. The van der Waals surface area contributed by atoms with Gasteiger partial charge in [0.25, 0.3) is 0 Å². The Morgan fingerprint density at radius 1 is 1.12 bits per heavy atom. The minimum absolute atomic E-state index is 0.0397. The highest BCUT2D eigenvalue weighted by molar-refractivity contribution is 4.96. The zero-order chi connectivity index (χ0) is 12.7. The van der Waals surface area contributed by atoms with E-state index in [1.54, 1.807) is 0 Å². The third kappa shape index (κ3) is 3.45. The summed E-state index contributed by atoms with van der Waals surface area (Å²) in [7, 11) is 1.89. The van der Waals surface area contributed by atoms with Crippen LogP contribution in [0.1, 0.15) is 65.7 Å². The van der Waals surface area contributed by atoms with Crippen molar-refractivity contribution in [2.45, 2.75) is 77.4 Å². The summed E-state index contributed by atoms with van der Waals surface area (Å²) in [5.74, 6) is 0.809. The fourth-order valence-electron chi connectivity index (χ4n) is 3.58. The van der Waals surface area contributed by atoms with Crippen LogP contribution in [0.25, 0.3) is 0 Å². The van der Waals surface area contributed by atoms with Crippen molar-refractivity contribution in [3.63, 3.8) is 0 Å². The first-order valence-corrected chi connectivity index (χ1v) is 7.52. The molecule has 1 aliphatic carbocycles. The topological polar surface area (TPSA) is 21.3 Å². The van der Waals surface area contributed by atoms with E-state index in [1.165, 1.54) is 32.1 Å². The van der Waals surface area contributed by atoms with Crippen LogP contribution in [0.4, 0.5) is 0 Å². The van der Waals surface area contributed by atoms with Gasteiger partial charge in [0.2, 0.25) is 0 Å². The molecular weight excluding hydrogens is 210 g/mol. The lowest BCUT2D eigenvalue weighted by Crippen LogP contribution is -2.55. The fourth-order valence-corrected chi connectivity index (χ4v) is 3.58. The summed E-state index contributed by atoms with van der Waals surface area (Å²) >= 11 is 0. The summed E-state index contributed by atoms with van der Waals surface area (Å²) in [5, 5.41) is 3.72. The Hall–Kier alpha value is -0.0800. The summed E-state index contributed by atoms with van der Waals surface area (Å²) in [6.45, 7) is 7.79. The standard InChI is InChI=1S/C15H31NO/c1-5-15(6-2,17-4)14(16-7-3)13-11-9-8-10-12-13/h13-14,16H,5-12H2,1-4H3. The third-order valence-corrected chi connectivity index (χ3v) is 4.72. The van der Waals surface area contributed by atoms with Crippen molar-refractivity contribution in [2.75, 3.05) is 13.7 Å². The zero-order valence-electron chi connectivity index (χ0n) is 12.2. The van der Waals surface area contributed by atoms with Crippen LogP contribution in [0.2, 0.25) is 0 Å². The fraction of sp³-hybridized carbons (Fsp3) is 1.00. The van der Waals surface area contributed by atoms with Crippen LogP contribution < -0.4 is 5.32 Å². The molecule has 0 bridgehead atoms. The van der Waals surface area contributed by atoms with Crippen molar-refractivity contribution < 1.29 is 4.74 Å². The molecule has 17 heavy (non-hydrogen) atoms. The van der Waals surface area contributed by atoms with Crippen LogP contribution in [0.3, 0.4) is 0 Å². The van der Waals surface area contributed by atoms with Crippen LogP contribution in [0, 0.1) is 5.92 Å². The number of likely N-dealkylation sites (N-methyl/N-ethyl adjacent to an activating group) is 1. The summed E-state index contributed by atoms with van der Waals surface area (Å²) in [6.07, 6.45) is 9.20. The molecule has 1 atom stereocenters. The minimum atomic E-state index is 0.0397. The van der Waals surface area contributed by atoms with Crippen LogP contribution in [0.5, 0.6) is 0 Å². The van der Waals surface area contributed by atoms with E-state index in [9.17, 15) is 0 Å². The molecule has 0 radical (unpaired) electrons. The van der Waals surface area contributed by atoms with Gasteiger partial charge in [-0.1, -0.05) is 40.0 Å². The van der Waals surface area contributed by atoms with Crippen molar-refractivity contribution >= 4 is 0 Å². The number of hydrogen-bond donors (Lipinski definition) is 1. The highest BCUT2D eigenvalue weighted by Crippen LogP contribution is 2.35. The third-order valence-electron chi connectivity index (χ3n) is 4.72. The zero-order valence-corrected chi connectivity index (χ0v) is 12.2. The molecule has 1 N–H and O–H groups in total. The van der Waals surface area contributed by atoms with Crippen LogP contribution >= 0.6 is 0 Å². The molecule has 1 aliphatic rings. The predicted molar refractivity (Wildman–Crippen MR) is 74.4 cm³/mol. The summed E-state index contributed by atoms with van der Waals surface area (Å²) in [6, 6.07) is 0.535. The number of methoxy groups -OCH3 is 1. The SMILES string of the molecule is CCNC(C1CCCCC1)C(CC)(CC)OC. The first kappa shape index (κ1) is 15.0. The van der Waals surface area contributed by atoms with Gasteiger partial charge in [-0.3, -0.25) is 0 Å². The molecule has 2 nitrogen and oxygen atoms in total. The maximum atomic E-state index is 5.94. The number of rotatable bonds is 7. The van der Waals surface area contributed by atoms with E-state index >= 15 is 0 Å². The van der Waals surface area contributed by atoms with E-state index in [2.05, 4.69) is 26.1 Å². The monoisotopic (exact) mass is 241 g/mol. The molecule has 0 aromatic rings.